The fourth-order valence-electron chi connectivity index (χ4n) is 3.79. The second-order valence-electron chi connectivity index (χ2n) is 7.31. The molecule has 1 unspecified atom stereocenters. The van der Waals surface area contributed by atoms with Gasteiger partial charge in [-0.15, -0.1) is 0 Å². The van der Waals surface area contributed by atoms with Crippen LogP contribution in [0.2, 0.25) is 0 Å². The number of nitro benzene ring substituents is 1. The molecule has 2 N–H and O–H groups in total. The Kier molecular flexibility index (Phi) is 6.41. The molecule has 0 saturated carbocycles. The summed E-state index contributed by atoms with van der Waals surface area (Å²) in [6.07, 6.45) is 1.38. The van der Waals surface area contributed by atoms with Gasteiger partial charge in [-0.3, -0.25) is 10.1 Å². The number of nitrogens with one attached hydrogen (secondary N) is 2. The molecule has 2 aromatic carbocycles. The van der Waals surface area contributed by atoms with Crippen LogP contribution in [0.15, 0.2) is 48.8 Å². The Morgan fingerprint density at radius 1 is 1.25 bits per heavy atom. The minimum absolute atomic E-state index is 0.0235. The van der Waals surface area contributed by atoms with Crippen LogP contribution in [-0.2, 0) is 9.53 Å². The number of aromatic nitrogens is 2. The van der Waals surface area contributed by atoms with Crippen molar-refractivity contribution in [2.24, 2.45) is 0 Å². The summed E-state index contributed by atoms with van der Waals surface area (Å²) in [6.45, 7) is 4.81. The van der Waals surface area contributed by atoms with Crippen molar-refractivity contribution in [1.82, 2.24) is 15.3 Å². The molecule has 1 aliphatic heterocycles. The molecule has 0 bridgehead atoms. The summed E-state index contributed by atoms with van der Waals surface area (Å²) in [4.78, 5) is 34.7. The molecule has 10 heteroatoms. The van der Waals surface area contributed by atoms with Gasteiger partial charge in [-0.1, -0.05) is 30.3 Å². The molecule has 32 heavy (non-hydrogen) atoms. The van der Waals surface area contributed by atoms with Gasteiger partial charge in [-0.25, -0.2) is 14.8 Å². The average Bonchev–Trinajstić information content (AvgIpc) is 2.83. The number of esters is 1. The molecule has 1 aliphatic rings. The zero-order valence-electron chi connectivity index (χ0n) is 17.7. The molecule has 10 nitrogen and oxygen atoms in total. The SMILES string of the molecule is CCOC(=O)C(Nc1ncnc2cc(N3CCNCC3)c([N+](=O)[O-])cc12)c1ccccc1. The molecule has 1 atom stereocenters. The van der Waals surface area contributed by atoms with E-state index < -0.39 is 16.9 Å². The van der Waals surface area contributed by atoms with E-state index >= 15 is 0 Å². The van der Waals surface area contributed by atoms with Gasteiger partial charge in [0.2, 0.25) is 0 Å². The number of hydrogen-bond donors (Lipinski definition) is 2. The van der Waals surface area contributed by atoms with E-state index in [1.807, 2.05) is 35.2 Å². The molecule has 2 heterocycles. The Morgan fingerprint density at radius 2 is 2.00 bits per heavy atom. The van der Waals surface area contributed by atoms with Crippen molar-refractivity contribution in [3.63, 3.8) is 0 Å². The fourth-order valence-corrected chi connectivity index (χ4v) is 3.79. The summed E-state index contributed by atoms with van der Waals surface area (Å²) in [5.74, 6) is -0.135. The molecule has 1 saturated heterocycles. The van der Waals surface area contributed by atoms with Gasteiger partial charge in [0.25, 0.3) is 5.69 Å². The van der Waals surface area contributed by atoms with Crippen LogP contribution in [0, 0.1) is 10.1 Å². The van der Waals surface area contributed by atoms with Gasteiger partial charge in [0.05, 0.1) is 17.0 Å². The first-order chi connectivity index (χ1) is 15.6. The summed E-state index contributed by atoms with van der Waals surface area (Å²) in [7, 11) is 0. The summed E-state index contributed by atoms with van der Waals surface area (Å²) in [5.41, 5.74) is 1.75. The van der Waals surface area contributed by atoms with Gasteiger partial charge in [-0.2, -0.15) is 0 Å². The number of benzene rings is 2. The van der Waals surface area contributed by atoms with Crippen molar-refractivity contribution in [1.29, 1.82) is 0 Å². The van der Waals surface area contributed by atoms with E-state index in [4.69, 9.17) is 4.74 Å². The fraction of sp³-hybridized carbons (Fsp3) is 0.318. The van der Waals surface area contributed by atoms with Crippen LogP contribution in [0.25, 0.3) is 10.9 Å². The van der Waals surface area contributed by atoms with Crippen molar-refractivity contribution in [2.75, 3.05) is 43.0 Å². The van der Waals surface area contributed by atoms with Crippen LogP contribution in [0.3, 0.4) is 0 Å². The third-order valence-corrected chi connectivity index (χ3v) is 5.32. The van der Waals surface area contributed by atoms with Crippen molar-refractivity contribution >= 4 is 34.1 Å². The van der Waals surface area contributed by atoms with Crippen molar-refractivity contribution in [3.05, 3.63) is 64.5 Å². The maximum atomic E-state index is 12.7. The van der Waals surface area contributed by atoms with Crippen molar-refractivity contribution in [3.8, 4) is 0 Å². The highest BCUT2D eigenvalue weighted by molar-refractivity contribution is 5.96. The number of carbonyl (C=O) groups excluding carboxylic acids is 1. The second-order valence-corrected chi connectivity index (χ2v) is 7.31. The van der Waals surface area contributed by atoms with Crippen LogP contribution in [0.4, 0.5) is 17.2 Å². The summed E-state index contributed by atoms with van der Waals surface area (Å²) in [5, 5.41) is 18.7. The molecule has 0 radical (unpaired) electrons. The zero-order valence-corrected chi connectivity index (χ0v) is 17.7. The number of carbonyl (C=O) groups is 1. The highest BCUT2D eigenvalue weighted by Crippen LogP contribution is 2.35. The zero-order chi connectivity index (χ0) is 22.5. The van der Waals surface area contributed by atoms with Crippen LogP contribution >= 0.6 is 0 Å². The second kappa shape index (κ2) is 9.56. The Hall–Kier alpha value is -3.79. The maximum absolute atomic E-state index is 12.7. The molecule has 4 rings (SSSR count). The molecular weight excluding hydrogens is 412 g/mol. The summed E-state index contributed by atoms with van der Waals surface area (Å²) in [6, 6.07) is 11.5. The lowest BCUT2D eigenvalue weighted by Gasteiger charge is -2.29. The molecular formula is C22H24N6O4. The monoisotopic (exact) mass is 436 g/mol. The van der Waals surface area contributed by atoms with E-state index in [9.17, 15) is 14.9 Å². The number of piperazine rings is 1. The van der Waals surface area contributed by atoms with Crippen LogP contribution in [-0.4, -0.2) is 53.6 Å². The quantitative estimate of drug-likeness (QED) is 0.327. The summed E-state index contributed by atoms with van der Waals surface area (Å²) >= 11 is 0. The van der Waals surface area contributed by atoms with Gasteiger partial charge in [0.1, 0.15) is 17.8 Å². The molecule has 0 spiro atoms. The molecule has 1 aromatic heterocycles. The number of nitro groups is 1. The van der Waals surface area contributed by atoms with E-state index in [0.29, 0.717) is 41.1 Å². The van der Waals surface area contributed by atoms with E-state index in [-0.39, 0.29) is 12.3 Å². The standard InChI is InChI=1S/C22H24N6O4/c1-2-32-22(29)20(15-6-4-3-5-7-15)26-21-16-12-19(28(30)31)18(13-17(16)24-14-25-21)27-10-8-23-9-11-27/h3-7,12-14,20,23H,2,8-11H2,1H3,(H,24,25,26). The van der Waals surface area contributed by atoms with E-state index in [1.165, 1.54) is 12.4 Å². The molecule has 3 aromatic rings. The lowest BCUT2D eigenvalue weighted by Crippen LogP contribution is -2.43. The number of anilines is 2. The van der Waals surface area contributed by atoms with Gasteiger partial charge in [0.15, 0.2) is 6.04 Å². The highest BCUT2D eigenvalue weighted by Gasteiger charge is 2.26. The van der Waals surface area contributed by atoms with Gasteiger partial charge in [0, 0.05) is 37.6 Å². The number of hydrogen-bond acceptors (Lipinski definition) is 9. The number of fused-ring (bicyclic) bond motifs is 1. The third kappa shape index (κ3) is 4.45. The minimum atomic E-state index is -0.818. The predicted octanol–water partition coefficient (Wildman–Crippen LogP) is 2.66. The molecule has 1 fully saturated rings. The number of nitrogens with zero attached hydrogens (tertiary/aromatic N) is 4. The first-order valence-corrected chi connectivity index (χ1v) is 10.5. The Morgan fingerprint density at radius 3 is 2.69 bits per heavy atom. The number of ether oxygens (including phenoxy) is 1. The minimum Gasteiger partial charge on any atom is -0.464 e. The Labute approximate surface area is 184 Å². The Balaban J connectivity index is 1.77. The first-order valence-electron chi connectivity index (χ1n) is 10.5. The lowest BCUT2D eigenvalue weighted by atomic mass is 10.1. The Bertz CT molecular complexity index is 1120. The maximum Gasteiger partial charge on any atom is 0.333 e. The van der Waals surface area contributed by atoms with E-state index in [2.05, 4.69) is 20.6 Å². The predicted molar refractivity (Wildman–Crippen MR) is 121 cm³/mol. The first kappa shape index (κ1) is 21.4. The van der Waals surface area contributed by atoms with Crippen LogP contribution < -0.4 is 15.5 Å². The van der Waals surface area contributed by atoms with Gasteiger partial charge < -0.3 is 20.3 Å². The van der Waals surface area contributed by atoms with E-state index in [1.54, 1.807) is 13.0 Å². The smallest absolute Gasteiger partial charge is 0.333 e. The van der Waals surface area contributed by atoms with E-state index in [0.717, 1.165) is 13.1 Å². The topological polar surface area (TPSA) is 123 Å². The molecule has 0 amide bonds. The van der Waals surface area contributed by atoms with Gasteiger partial charge >= 0.3 is 5.97 Å². The largest absolute Gasteiger partial charge is 0.464 e. The summed E-state index contributed by atoms with van der Waals surface area (Å²) < 4.78 is 5.24. The highest BCUT2D eigenvalue weighted by atomic mass is 16.6. The van der Waals surface area contributed by atoms with Crippen LogP contribution in [0.1, 0.15) is 18.5 Å². The third-order valence-electron chi connectivity index (χ3n) is 5.32. The molecule has 0 aliphatic carbocycles. The van der Waals surface area contributed by atoms with Crippen molar-refractivity contribution in [2.45, 2.75) is 13.0 Å². The molecule has 166 valence electrons. The van der Waals surface area contributed by atoms with Gasteiger partial charge in [-0.05, 0) is 18.6 Å². The normalized spacial score (nSPS) is 14.7. The average molecular weight is 436 g/mol. The lowest BCUT2D eigenvalue weighted by molar-refractivity contribution is -0.384. The van der Waals surface area contributed by atoms with Crippen molar-refractivity contribution < 1.29 is 14.5 Å². The number of rotatable bonds is 7. The van der Waals surface area contributed by atoms with Crippen LogP contribution in [0.5, 0.6) is 0 Å².